The minimum Gasteiger partial charge on any atom is -0.477 e. The van der Waals surface area contributed by atoms with Crippen molar-refractivity contribution in [1.29, 1.82) is 0 Å². The zero-order valence-electron chi connectivity index (χ0n) is 21.7. The first-order valence-corrected chi connectivity index (χ1v) is 13.6. The molecule has 0 amide bonds. The van der Waals surface area contributed by atoms with Gasteiger partial charge in [-0.3, -0.25) is 4.79 Å². The van der Waals surface area contributed by atoms with Crippen LogP contribution in [0.5, 0.6) is 5.88 Å². The molecule has 0 saturated carbocycles. The molecule has 3 N–H and O–H groups in total. The van der Waals surface area contributed by atoms with Crippen LogP contribution in [0.15, 0.2) is 59.8 Å². The Labute approximate surface area is 240 Å². The highest BCUT2D eigenvalue weighted by Gasteiger charge is 2.28. The largest absolute Gasteiger partial charge is 0.477 e. The number of hydrogen-bond acceptors (Lipinski definition) is 8. The second-order valence-corrected chi connectivity index (χ2v) is 10.2. The van der Waals surface area contributed by atoms with Crippen LogP contribution in [0.2, 0.25) is 10.0 Å². The second-order valence-electron chi connectivity index (χ2n) is 9.39. The number of benzene rings is 1. The van der Waals surface area contributed by atoms with Crippen molar-refractivity contribution in [2.75, 3.05) is 43.5 Å². The van der Waals surface area contributed by atoms with Crippen molar-refractivity contribution >= 4 is 51.6 Å². The summed E-state index contributed by atoms with van der Waals surface area (Å²) in [5, 5.41) is 17.0. The van der Waals surface area contributed by atoms with Crippen molar-refractivity contribution in [2.45, 2.75) is 18.9 Å². The highest BCUT2D eigenvalue weighted by atomic mass is 35.5. The number of anilines is 2. The summed E-state index contributed by atoms with van der Waals surface area (Å²) in [6.45, 7) is 2.56. The number of ether oxygens (including phenoxy) is 1. The molecule has 0 aliphatic carbocycles. The van der Waals surface area contributed by atoms with Crippen molar-refractivity contribution < 1.29 is 14.6 Å². The number of fused-ring (bicyclic) bond motifs is 1. The number of pyridine rings is 3. The van der Waals surface area contributed by atoms with E-state index in [9.17, 15) is 14.7 Å². The highest BCUT2D eigenvalue weighted by Crippen LogP contribution is 2.36. The molecule has 1 atom stereocenters. The van der Waals surface area contributed by atoms with Gasteiger partial charge in [0, 0.05) is 37.4 Å². The molecule has 0 radical (unpaired) electrons. The Bertz CT molecular complexity index is 1590. The maximum absolute atomic E-state index is 13.2. The first kappa shape index (κ1) is 27.7. The Hall–Kier alpha value is -3.86. The first-order valence-electron chi connectivity index (χ1n) is 12.8. The quantitative estimate of drug-likeness (QED) is 0.232. The van der Waals surface area contributed by atoms with Crippen LogP contribution in [0.1, 0.15) is 23.2 Å². The van der Waals surface area contributed by atoms with Gasteiger partial charge in [0.15, 0.2) is 0 Å². The van der Waals surface area contributed by atoms with Gasteiger partial charge >= 0.3 is 5.97 Å². The summed E-state index contributed by atoms with van der Waals surface area (Å²) in [4.78, 5) is 35.9. The van der Waals surface area contributed by atoms with Gasteiger partial charge in [0.2, 0.25) is 11.3 Å². The van der Waals surface area contributed by atoms with Crippen LogP contribution in [0, 0.1) is 0 Å². The molecule has 3 aromatic heterocycles. The van der Waals surface area contributed by atoms with Crippen molar-refractivity contribution in [3.05, 3.63) is 80.8 Å². The summed E-state index contributed by atoms with van der Waals surface area (Å²) in [5.74, 6) is -0.268. The van der Waals surface area contributed by atoms with Crippen molar-refractivity contribution in [3.8, 4) is 11.6 Å². The van der Waals surface area contributed by atoms with Gasteiger partial charge in [-0.1, -0.05) is 23.2 Å². The molecule has 208 valence electrons. The van der Waals surface area contributed by atoms with E-state index in [2.05, 4.69) is 25.5 Å². The molecule has 4 aromatic rings. The molecule has 12 heteroatoms. The lowest BCUT2D eigenvalue weighted by atomic mass is 10.1. The van der Waals surface area contributed by atoms with E-state index in [0.29, 0.717) is 46.1 Å². The molecule has 1 fully saturated rings. The second kappa shape index (κ2) is 12.1. The van der Waals surface area contributed by atoms with Gasteiger partial charge in [-0.15, -0.1) is 0 Å². The van der Waals surface area contributed by atoms with Gasteiger partial charge < -0.3 is 29.9 Å². The Kier molecular flexibility index (Phi) is 8.39. The fourth-order valence-electron chi connectivity index (χ4n) is 4.85. The standard InChI is InChI=1S/C28H28Cl2N6O4/c1-31-9-10-32-25-7-6-17(14-34-25)36-15-20(28(38)39)26(37)19-12-22(30)24(13-23(19)36)35-11-3-4-18(35)16-40-27-21(29)5-2-8-33-27/h2,5-8,12-15,18,31H,3-4,9-11,16H2,1H3,(H,32,34)(H,38,39)/t18-/m1/s1. The number of halogens is 2. The molecule has 0 unspecified atom stereocenters. The number of carbonyl (C=O) groups is 1. The molecule has 1 saturated heterocycles. The third kappa shape index (κ3) is 5.70. The van der Waals surface area contributed by atoms with Gasteiger partial charge in [-0.2, -0.15) is 0 Å². The van der Waals surface area contributed by atoms with Gasteiger partial charge in [-0.05, 0) is 56.3 Å². The molecule has 1 aromatic carbocycles. The number of carboxylic acid groups (broad SMARTS) is 1. The molecule has 1 aliphatic heterocycles. The fourth-order valence-corrected chi connectivity index (χ4v) is 5.30. The van der Waals surface area contributed by atoms with E-state index >= 15 is 0 Å². The number of nitrogens with zero attached hydrogens (tertiary/aromatic N) is 4. The maximum Gasteiger partial charge on any atom is 0.341 e. The normalized spacial score (nSPS) is 15.0. The van der Waals surface area contributed by atoms with Crippen LogP contribution in [0.3, 0.4) is 0 Å². The van der Waals surface area contributed by atoms with E-state index in [1.54, 1.807) is 35.2 Å². The average Bonchev–Trinajstić information content (AvgIpc) is 3.41. The first-order chi connectivity index (χ1) is 19.4. The van der Waals surface area contributed by atoms with Gasteiger partial charge in [-0.25, -0.2) is 14.8 Å². The van der Waals surface area contributed by atoms with Crippen LogP contribution in [0.25, 0.3) is 16.6 Å². The van der Waals surface area contributed by atoms with Crippen molar-refractivity contribution in [2.24, 2.45) is 0 Å². The predicted molar refractivity (Wildman–Crippen MR) is 157 cm³/mol. The SMILES string of the molecule is CNCCNc1ccc(-n2cc(C(=O)O)c(=O)c3cc(Cl)c(N4CCC[C@@H]4COc4ncccc4Cl)cc32)cn1. The summed E-state index contributed by atoms with van der Waals surface area (Å²) in [5.41, 5.74) is 0.892. The predicted octanol–water partition coefficient (Wildman–Crippen LogP) is 4.46. The molecule has 40 heavy (non-hydrogen) atoms. The summed E-state index contributed by atoms with van der Waals surface area (Å²) in [6.07, 6.45) is 6.39. The lowest BCUT2D eigenvalue weighted by Gasteiger charge is -2.28. The summed E-state index contributed by atoms with van der Waals surface area (Å²) in [7, 11) is 1.87. The Morgan fingerprint density at radius 3 is 2.75 bits per heavy atom. The topological polar surface area (TPSA) is 122 Å². The summed E-state index contributed by atoms with van der Waals surface area (Å²) < 4.78 is 7.60. The highest BCUT2D eigenvalue weighted by molar-refractivity contribution is 6.34. The van der Waals surface area contributed by atoms with Crippen LogP contribution in [0.4, 0.5) is 11.5 Å². The average molecular weight is 583 g/mol. The van der Waals surface area contributed by atoms with Crippen LogP contribution in [-0.2, 0) is 0 Å². The van der Waals surface area contributed by atoms with E-state index < -0.39 is 11.4 Å². The van der Waals surface area contributed by atoms with Gasteiger partial charge in [0.05, 0.1) is 34.2 Å². The van der Waals surface area contributed by atoms with E-state index in [1.807, 2.05) is 25.2 Å². The van der Waals surface area contributed by atoms with E-state index in [4.69, 9.17) is 27.9 Å². The lowest BCUT2D eigenvalue weighted by Crippen LogP contribution is -2.34. The Morgan fingerprint density at radius 2 is 2.02 bits per heavy atom. The summed E-state index contributed by atoms with van der Waals surface area (Å²) in [6, 6.07) is 10.5. The van der Waals surface area contributed by atoms with Crippen molar-refractivity contribution in [3.63, 3.8) is 0 Å². The smallest absolute Gasteiger partial charge is 0.341 e. The van der Waals surface area contributed by atoms with Gasteiger partial charge in [0.1, 0.15) is 23.0 Å². The Balaban J connectivity index is 1.53. The molecular formula is C28H28Cl2N6O4. The molecule has 0 bridgehead atoms. The minimum absolute atomic E-state index is 0.00359. The van der Waals surface area contributed by atoms with E-state index in [0.717, 1.165) is 31.6 Å². The molecule has 1 aliphatic rings. The molecule has 5 rings (SSSR count). The fraction of sp³-hybridized carbons (Fsp3) is 0.286. The number of likely N-dealkylation sites (N-methyl/N-ethyl adjacent to an activating group) is 1. The van der Waals surface area contributed by atoms with Crippen LogP contribution in [-0.4, -0.2) is 64.9 Å². The zero-order chi connectivity index (χ0) is 28.2. The van der Waals surface area contributed by atoms with Crippen LogP contribution < -0.4 is 25.7 Å². The van der Waals surface area contributed by atoms with Gasteiger partial charge in [0.25, 0.3) is 0 Å². The minimum atomic E-state index is -1.32. The number of aromatic nitrogens is 3. The maximum atomic E-state index is 13.2. The number of hydrogen-bond donors (Lipinski definition) is 3. The number of carboxylic acids is 1. The molecule has 0 spiro atoms. The third-order valence-electron chi connectivity index (χ3n) is 6.83. The molecule has 10 nitrogen and oxygen atoms in total. The van der Waals surface area contributed by atoms with Crippen molar-refractivity contribution in [1.82, 2.24) is 19.9 Å². The zero-order valence-corrected chi connectivity index (χ0v) is 23.2. The lowest BCUT2D eigenvalue weighted by molar-refractivity contribution is 0.0695. The summed E-state index contributed by atoms with van der Waals surface area (Å²) >= 11 is 12.9. The molecular weight excluding hydrogens is 555 g/mol. The number of aromatic carboxylic acids is 1. The van der Waals surface area contributed by atoms with Crippen LogP contribution >= 0.6 is 23.2 Å². The monoisotopic (exact) mass is 582 g/mol. The van der Waals surface area contributed by atoms with E-state index in [-0.39, 0.29) is 17.0 Å². The third-order valence-corrected chi connectivity index (χ3v) is 7.42. The molecule has 4 heterocycles. The number of rotatable bonds is 10. The van der Waals surface area contributed by atoms with E-state index in [1.165, 1.54) is 6.20 Å². The number of nitrogens with one attached hydrogen (secondary N) is 2. The Morgan fingerprint density at radius 1 is 1.18 bits per heavy atom.